The Labute approximate surface area is 126 Å². The first-order valence-electron chi connectivity index (χ1n) is 6.30. The van der Waals surface area contributed by atoms with Crippen molar-refractivity contribution in [1.29, 1.82) is 0 Å². The van der Waals surface area contributed by atoms with E-state index in [1.54, 1.807) is 24.3 Å². The summed E-state index contributed by atoms with van der Waals surface area (Å²) in [5, 5.41) is 1.40. The van der Waals surface area contributed by atoms with E-state index in [0.29, 0.717) is 27.9 Å². The summed E-state index contributed by atoms with van der Waals surface area (Å²) < 4.78 is 5.86. The summed E-state index contributed by atoms with van der Waals surface area (Å²) in [5.74, 6) is 1.88. The normalized spacial score (nSPS) is 10.8. The number of anilines is 2. The van der Waals surface area contributed by atoms with Gasteiger partial charge in [0, 0.05) is 16.0 Å². The topological polar surface area (TPSA) is 87.0 Å². The van der Waals surface area contributed by atoms with Gasteiger partial charge in [0.2, 0.25) is 5.95 Å². The number of nitrogens with zero attached hydrogens (tertiary/aromatic N) is 2. The third-order valence-electron chi connectivity index (χ3n) is 3.16. The van der Waals surface area contributed by atoms with E-state index in [-0.39, 0.29) is 5.95 Å². The van der Waals surface area contributed by atoms with Gasteiger partial charge in [-0.15, -0.1) is 0 Å². The monoisotopic (exact) mass is 300 g/mol. The molecule has 0 spiro atoms. The molecule has 0 aliphatic carbocycles. The fourth-order valence-corrected chi connectivity index (χ4v) is 2.29. The third-order valence-corrected chi connectivity index (χ3v) is 3.41. The van der Waals surface area contributed by atoms with E-state index in [9.17, 15) is 0 Å². The standard InChI is InChI=1S/C15H13ClN4O/c1-8-12(21-10-4-2-9(16)3-5-10)7-6-11-13(8)14(17)20-15(18)19-11/h2-7H,1H3,(H4,17,18,19,20). The van der Waals surface area contributed by atoms with E-state index in [0.717, 1.165) is 10.9 Å². The van der Waals surface area contributed by atoms with E-state index in [2.05, 4.69) is 9.97 Å². The average molecular weight is 301 g/mol. The molecule has 0 bridgehead atoms. The molecule has 0 atom stereocenters. The molecule has 0 fully saturated rings. The summed E-state index contributed by atoms with van der Waals surface area (Å²) in [6.07, 6.45) is 0. The van der Waals surface area contributed by atoms with Gasteiger partial charge in [-0.1, -0.05) is 11.6 Å². The summed E-state index contributed by atoms with van der Waals surface area (Å²) >= 11 is 5.86. The Hall–Kier alpha value is -2.53. The number of aryl methyl sites for hydroxylation is 1. The van der Waals surface area contributed by atoms with Crippen LogP contribution in [0.2, 0.25) is 5.02 Å². The lowest BCUT2D eigenvalue weighted by atomic mass is 10.1. The second-order valence-corrected chi connectivity index (χ2v) is 5.04. The summed E-state index contributed by atoms with van der Waals surface area (Å²) in [6, 6.07) is 10.8. The number of hydrogen-bond donors (Lipinski definition) is 2. The molecule has 0 saturated carbocycles. The molecule has 3 rings (SSSR count). The van der Waals surface area contributed by atoms with Gasteiger partial charge in [-0.25, -0.2) is 4.98 Å². The van der Waals surface area contributed by atoms with Crippen molar-refractivity contribution in [1.82, 2.24) is 9.97 Å². The fraction of sp³-hybridized carbons (Fsp3) is 0.0667. The molecule has 4 N–H and O–H groups in total. The molecule has 0 amide bonds. The van der Waals surface area contributed by atoms with Crippen LogP contribution in [0, 0.1) is 6.92 Å². The van der Waals surface area contributed by atoms with Gasteiger partial charge in [-0.2, -0.15) is 4.98 Å². The maximum Gasteiger partial charge on any atom is 0.222 e. The van der Waals surface area contributed by atoms with Crippen LogP contribution in [0.3, 0.4) is 0 Å². The van der Waals surface area contributed by atoms with Crippen LogP contribution in [0.15, 0.2) is 36.4 Å². The van der Waals surface area contributed by atoms with Crippen LogP contribution in [0.4, 0.5) is 11.8 Å². The highest BCUT2D eigenvalue weighted by molar-refractivity contribution is 6.30. The highest BCUT2D eigenvalue weighted by Crippen LogP contribution is 2.33. The lowest BCUT2D eigenvalue weighted by Gasteiger charge is -2.12. The first-order chi connectivity index (χ1) is 10.0. The summed E-state index contributed by atoms with van der Waals surface area (Å²) in [6.45, 7) is 1.91. The van der Waals surface area contributed by atoms with Gasteiger partial charge in [0.25, 0.3) is 0 Å². The first-order valence-corrected chi connectivity index (χ1v) is 6.68. The van der Waals surface area contributed by atoms with Gasteiger partial charge in [0.15, 0.2) is 0 Å². The Balaban J connectivity index is 2.07. The van der Waals surface area contributed by atoms with Crippen molar-refractivity contribution < 1.29 is 4.74 Å². The number of rotatable bonds is 2. The minimum atomic E-state index is 0.158. The number of nitrogen functional groups attached to an aromatic ring is 2. The molecule has 0 aliphatic rings. The zero-order chi connectivity index (χ0) is 15.0. The van der Waals surface area contributed by atoms with E-state index >= 15 is 0 Å². The number of nitrogens with two attached hydrogens (primary N) is 2. The molecule has 0 saturated heterocycles. The Kier molecular flexibility index (Phi) is 3.27. The molecular weight excluding hydrogens is 288 g/mol. The lowest BCUT2D eigenvalue weighted by molar-refractivity contribution is 0.480. The largest absolute Gasteiger partial charge is 0.457 e. The van der Waals surface area contributed by atoms with E-state index in [1.807, 2.05) is 19.1 Å². The number of aromatic nitrogens is 2. The molecular formula is C15H13ClN4O. The molecule has 0 aliphatic heterocycles. The highest BCUT2D eigenvalue weighted by atomic mass is 35.5. The lowest BCUT2D eigenvalue weighted by Crippen LogP contribution is -2.02. The number of halogens is 1. The third kappa shape index (κ3) is 2.55. The predicted octanol–water partition coefficient (Wildman–Crippen LogP) is 3.55. The Morgan fingerprint density at radius 1 is 1.00 bits per heavy atom. The van der Waals surface area contributed by atoms with Gasteiger partial charge >= 0.3 is 0 Å². The maximum atomic E-state index is 5.94. The van der Waals surface area contributed by atoms with E-state index < -0.39 is 0 Å². The molecule has 6 heteroatoms. The van der Waals surface area contributed by atoms with Crippen molar-refractivity contribution in [2.75, 3.05) is 11.5 Å². The predicted molar refractivity (Wildman–Crippen MR) is 84.6 cm³/mol. The molecule has 1 aromatic heterocycles. The van der Waals surface area contributed by atoms with E-state index in [1.165, 1.54) is 0 Å². The quantitative estimate of drug-likeness (QED) is 0.755. The minimum Gasteiger partial charge on any atom is -0.457 e. The first kappa shape index (κ1) is 13.5. The van der Waals surface area contributed by atoms with Gasteiger partial charge in [-0.3, -0.25) is 0 Å². The van der Waals surface area contributed by atoms with Crippen LogP contribution < -0.4 is 16.2 Å². The van der Waals surface area contributed by atoms with Gasteiger partial charge in [0.1, 0.15) is 17.3 Å². The van der Waals surface area contributed by atoms with Crippen LogP contribution in [0.25, 0.3) is 10.9 Å². The van der Waals surface area contributed by atoms with Crippen LogP contribution in [0.1, 0.15) is 5.56 Å². The second-order valence-electron chi connectivity index (χ2n) is 4.61. The van der Waals surface area contributed by atoms with Gasteiger partial charge < -0.3 is 16.2 Å². The smallest absolute Gasteiger partial charge is 0.222 e. The highest BCUT2D eigenvalue weighted by Gasteiger charge is 2.11. The number of benzene rings is 2. The number of hydrogen-bond acceptors (Lipinski definition) is 5. The summed E-state index contributed by atoms with van der Waals surface area (Å²) in [4.78, 5) is 8.16. The Morgan fingerprint density at radius 3 is 2.43 bits per heavy atom. The number of ether oxygens (including phenoxy) is 1. The summed E-state index contributed by atoms with van der Waals surface area (Å²) in [7, 11) is 0. The van der Waals surface area contributed by atoms with Crippen molar-refractivity contribution >= 4 is 34.3 Å². The van der Waals surface area contributed by atoms with Gasteiger partial charge in [0.05, 0.1) is 5.52 Å². The zero-order valence-corrected chi connectivity index (χ0v) is 12.1. The molecule has 3 aromatic rings. The van der Waals surface area contributed by atoms with Crippen molar-refractivity contribution in [3.63, 3.8) is 0 Å². The van der Waals surface area contributed by atoms with Crippen molar-refractivity contribution in [3.8, 4) is 11.5 Å². The minimum absolute atomic E-state index is 0.158. The van der Waals surface area contributed by atoms with Crippen LogP contribution >= 0.6 is 11.6 Å². The van der Waals surface area contributed by atoms with Crippen molar-refractivity contribution in [2.45, 2.75) is 6.92 Å². The Morgan fingerprint density at radius 2 is 1.71 bits per heavy atom. The fourth-order valence-electron chi connectivity index (χ4n) is 2.16. The van der Waals surface area contributed by atoms with Crippen LogP contribution in [-0.2, 0) is 0 Å². The molecule has 1 heterocycles. The average Bonchev–Trinajstić information content (AvgIpc) is 2.43. The molecule has 0 radical (unpaired) electrons. The molecule has 21 heavy (non-hydrogen) atoms. The summed E-state index contributed by atoms with van der Waals surface area (Å²) in [5.41, 5.74) is 13.1. The maximum absolute atomic E-state index is 5.94. The Bertz CT molecular complexity index is 818. The molecule has 5 nitrogen and oxygen atoms in total. The number of fused-ring (bicyclic) bond motifs is 1. The van der Waals surface area contributed by atoms with Crippen molar-refractivity contribution in [2.24, 2.45) is 0 Å². The SMILES string of the molecule is Cc1c(Oc2ccc(Cl)cc2)ccc2nc(N)nc(N)c12. The van der Waals surface area contributed by atoms with E-state index in [4.69, 9.17) is 27.8 Å². The second kappa shape index (κ2) is 5.10. The molecule has 2 aromatic carbocycles. The zero-order valence-electron chi connectivity index (χ0n) is 11.3. The molecule has 106 valence electrons. The van der Waals surface area contributed by atoms with Crippen LogP contribution in [0.5, 0.6) is 11.5 Å². The molecule has 0 unspecified atom stereocenters. The van der Waals surface area contributed by atoms with Gasteiger partial charge in [-0.05, 0) is 43.3 Å². The van der Waals surface area contributed by atoms with Crippen molar-refractivity contribution in [3.05, 3.63) is 47.0 Å². The van der Waals surface area contributed by atoms with Crippen LogP contribution in [-0.4, -0.2) is 9.97 Å².